The lowest BCUT2D eigenvalue weighted by atomic mass is 10.2. The first-order valence-electron chi connectivity index (χ1n) is 10.8. The fourth-order valence-corrected chi connectivity index (χ4v) is 4.17. The highest BCUT2D eigenvalue weighted by Gasteiger charge is 2.14. The van der Waals surface area contributed by atoms with Crippen LogP contribution in [-0.2, 0) is 20.9 Å². The number of thiazole rings is 1. The number of carbonyl (C=O) groups is 3. The molecule has 0 aliphatic heterocycles. The molecule has 3 rings (SSSR count). The van der Waals surface area contributed by atoms with Gasteiger partial charge in [-0.15, -0.1) is 0 Å². The van der Waals surface area contributed by atoms with Crippen LogP contribution in [0.4, 0.5) is 5.69 Å². The zero-order valence-electron chi connectivity index (χ0n) is 18.9. The molecule has 3 aromatic rings. The van der Waals surface area contributed by atoms with Crippen LogP contribution < -0.4 is 14.9 Å². The summed E-state index contributed by atoms with van der Waals surface area (Å²) in [5.41, 5.74) is 1.75. The second-order valence-corrected chi connectivity index (χ2v) is 8.29. The Bertz CT molecular complexity index is 1210. The van der Waals surface area contributed by atoms with E-state index in [0.29, 0.717) is 33.9 Å². The van der Waals surface area contributed by atoms with Crippen LogP contribution in [0, 0.1) is 0 Å². The molecular formula is C24H27N3O5S. The Hall–Kier alpha value is -3.46. The lowest BCUT2D eigenvalue weighted by Gasteiger charge is -2.06. The Labute approximate surface area is 195 Å². The Morgan fingerprint density at radius 1 is 1.09 bits per heavy atom. The van der Waals surface area contributed by atoms with Gasteiger partial charge in [0, 0.05) is 18.2 Å². The van der Waals surface area contributed by atoms with Crippen LogP contribution in [0.3, 0.4) is 0 Å². The summed E-state index contributed by atoms with van der Waals surface area (Å²) in [6.07, 6.45) is 2.01. The molecule has 2 aromatic carbocycles. The topological polar surface area (TPSA) is 99.0 Å². The average molecular weight is 470 g/mol. The van der Waals surface area contributed by atoms with Crippen molar-refractivity contribution in [3.63, 3.8) is 0 Å². The van der Waals surface area contributed by atoms with Gasteiger partial charge in [0.15, 0.2) is 4.80 Å². The van der Waals surface area contributed by atoms with E-state index < -0.39 is 11.9 Å². The minimum Gasteiger partial charge on any atom is -0.494 e. The third-order valence-electron chi connectivity index (χ3n) is 4.66. The molecule has 0 radical (unpaired) electrons. The number of anilines is 1. The van der Waals surface area contributed by atoms with E-state index in [1.54, 1.807) is 54.0 Å². The highest BCUT2D eigenvalue weighted by atomic mass is 32.1. The summed E-state index contributed by atoms with van der Waals surface area (Å²) < 4.78 is 13.1. The van der Waals surface area contributed by atoms with Gasteiger partial charge in [-0.25, -0.2) is 0 Å². The number of nitrogens with zero attached hydrogens (tertiary/aromatic N) is 2. The number of aromatic nitrogens is 1. The third-order valence-corrected chi connectivity index (χ3v) is 5.70. The quantitative estimate of drug-likeness (QED) is 0.375. The van der Waals surface area contributed by atoms with Gasteiger partial charge in [-0.1, -0.05) is 24.7 Å². The number of hydrogen-bond acceptors (Lipinski definition) is 6. The number of carbonyl (C=O) groups excluding carboxylic acids is 3. The minimum atomic E-state index is -0.429. The van der Waals surface area contributed by atoms with E-state index in [9.17, 15) is 14.4 Å². The first-order chi connectivity index (χ1) is 15.9. The molecule has 9 heteroatoms. The van der Waals surface area contributed by atoms with Crippen LogP contribution in [0.25, 0.3) is 10.2 Å². The fraction of sp³-hybridized carbons (Fsp3) is 0.333. The number of amides is 2. The molecule has 0 saturated carbocycles. The second-order valence-electron chi connectivity index (χ2n) is 7.28. The maximum Gasteiger partial charge on any atom is 0.326 e. The van der Waals surface area contributed by atoms with Gasteiger partial charge in [0.1, 0.15) is 12.3 Å². The van der Waals surface area contributed by atoms with E-state index in [4.69, 9.17) is 9.47 Å². The monoisotopic (exact) mass is 469 g/mol. The van der Waals surface area contributed by atoms with Gasteiger partial charge < -0.3 is 19.4 Å². The Morgan fingerprint density at radius 3 is 2.52 bits per heavy atom. The first kappa shape index (κ1) is 24.2. The molecule has 2 amide bonds. The molecule has 0 saturated heterocycles. The normalized spacial score (nSPS) is 11.4. The van der Waals surface area contributed by atoms with Crippen molar-refractivity contribution in [2.45, 2.75) is 40.2 Å². The molecule has 8 nitrogen and oxygen atoms in total. The molecule has 174 valence electrons. The summed E-state index contributed by atoms with van der Waals surface area (Å²) >= 11 is 1.26. The van der Waals surface area contributed by atoms with Gasteiger partial charge in [-0.2, -0.15) is 4.99 Å². The molecule has 1 aromatic heterocycles. The number of fused-ring (bicyclic) bond motifs is 1. The number of unbranched alkanes of at least 4 members (excludes halogenated alkanes) is 1. The Balaban J connectivity index is 1.95. The smallest absolute Gasteiger partial charge is 0.326 e. The molecule has 0 atom stereocenters. The molecule has 33 heavy (non-hydrogen) atoms. The van der Waals surface area contributed by atoms with Crippen molar-refractivity contribution in [1.82, 2.24) is 4.57 Å². The highest BCUT2D eigenvalue weighted by Crippen LogP contribution is 2.22. The molecule has 0 bridgehead atoms. The summed E-state index contributed by atoms with van der Waals surface area (Å²) in [6.45, 7) is 6.06. The van der Waals surface area contributed by atoms with E-state index in [1.165, 1.54) is 18.3 Å². The average Bonchev–Trinajstić information content (AvgIpc) is 3.10. The van der Waals surface area contributed by atoms with Gasteiger partial charge in [0.05, 0.1) is 23.4 Å². The van der Waals surface area contributed by atoms with Crippen molar-refractivity contribution in [2.75, 3.05) is 18.5 Å². The van der Waals surface area contributed by atoms with E-state index in [2.05, 4.69) is 17.2 Å². The molecule has 1 heterocycles. The summed E-state index contributed by atoms with van der Waals surface area (Å²) in [5.74, 6) is -0.343. The van der Waals surface area contributed by atoms with E-state index in [1.807, 2.05) is 0 Å². The maximum atomic E-state index is 12.9. The number of esters is 1. The third kappa shape index (κ3) is 6.52. The standard InChI is InChI=1S/C24H27N3O5S/c1-4-6-13-32-19-10-7-17(8-11-19)23(30)26-24-27(15-22(29)31-5-2)20-12-9-18(25-16(3)28)14-21(20)33-24/h7-12,14H,4-6,13,15H2,1-3H3,(H,25,28). The molecule has 0 unspecified atom stereocenters. The van der Waals surface area contributed by atoms with E-state index >= 15 is 0 Å². The second kappa shape index (κ2) is 11.4. The van der Waals surface area contributed by atoms with Crippen LogP contribution in [0.1, 0.15) is 44.0 Å². The van der Waals surface area contributed by atoms with Crippen LogP contribution in [0.2, 0.25) is 0 Å². The highest BCUT2D eigenvalue weighted by molar-refractivity contribution is 7.16. The van der Waals surface area contributed by atoms with Crippen molar-refractivity contribution in [2.24, 2.45) is 4.99 Å². The van der Waals surface area contributed by atoms with E-state index in [0.717, 1.165) is 17.5 Å². The predicted molar refractivity (Wildman–Crippen MR) is 127 cm³/mol. The zero-order chi connectivity index (χ0) is 23.8. The molecule has 1 N–H and O–H groups in total. The van der Waals surface area contributed by atoms with Crippen molar-refractivity contribution in [3.8, 4) is 5.75 Å². The van der Waals surface area contributed by atoms with Gasteiger partial charge in [-0.05, 0) is 55.8 Å². The predicted octanol–water partition coefficient (Wildman–Crippen LogP) is 4.14. The lowest BCUT2D eigenvalue weighted by molar-refractivity contribution is -0.143. The molecule has 0 aliphatic carbocycles. The number of hydrogen-bond donors (Lipinski definition) is 1. The van der Waals surface area contributed by atoms with Gasteiger partial charge in [0.25, 0.3) is 5.91 Å². The van der Waals surface area contributed by atoms with Gasteiger partial charge in [0.2, 0.25) is 5.91 Å². The summed E-state index contributed by atoms with van der Waals surface area (Å²) in [6, 6.07) is 12.1. The van der Waals surface area contributed by atoms with Crippen molar-refractivity contribution in [1.29, 1.82) is 0 Å². The Kier molecular flexibility index (Phi) is 8.37. The molecule has 0 spiro atoms. The number of ether oxygens (including phenoxy) is 2. The fourth-order valence-electron chi connectivity index (χ4n) is 3.11. The van der Waals surface area contributed by atoms with Gasteiger partial charge >= 0.3 is 5.97 Å². The van der Waals surface area contributed by atoms with Crippen molar-refractivity contribution in [3.05, 3.63) is 52.8 Å². The largest absolute Gasteiger partial charge is 0.494 e. The van der Waals surface area contributed by atoms with Crippen LogP contribution in [-0.4, -0.2) is 35.6 Å². The van der Waals surface area contributed by atoms with Gasteiger partial charge in [-0.3, -0.25) is 14.4 Å². The molecule has 0 fully saturated rings. The lowest BCUT2D eigenvalue weighted by Crippen LogP contribution is -2.23. The first-order valence-corrected chi connectivity index (χ1v) is 11.6. The summed E-state index contributed by atoms with van der Waals surface area (Å²) in [7, 11) is 0. The van der Waals surface area contributed by atoms with Crippen molar-refractivity contribution >= 4 is 45.0 Å². The number of benzene rings is 2. The van der Waals surface area contributed by atoms with E-state index in [-0.39, 0.29) is 19.1 Å². The Morgan fingerprint density at radius 2 is 1.85 bits per heavy atom. The number of rotatable bonds is 9. The van der Waals surface area contributed by atoms with Crippen molar-refractivity contribution < 1.29 is 23.9 Å². The minimum absolute atomic E-state index is 0.0797. The molecular weight excluding hydrogens is 442 g/mol. The van der Waals surface area contributed by atoms with Crippen LogP contribution in [0.5, 0.6) is 5.75 Å². The van der Waals surface area contributed by atoms with Crippen LogP contribution >= 0.6 is 11.3 Å². The van der Waals surface area contributed by atoms with Crippen LogP contribution in [0.15, 0.2) is 47.5 Å². The maximum absolute atomic E-state index is 12.9. The number of nitrogens with one attached hydrogen (secondary N) is 1. The molecule has 0 aliphatic rings. The SMILES string of the molecule is CCCCOc1ccc(C(=O)N=c2sc3cc(NC(C)=O)ccc3n2CC(=O)OCC)cc1. The summed E-state index contributed by atoms with van der Waals surface area (Å²) in [5, 5.41) is 2.73. The summed E-state index contributed by atoms with van der Waals surface area (Å²) in [4.78, 5) is 41.1. The zero-order valence-corrected chi connectivity index (χ0v) is 19.7.